The normalized spacial score (nSPS) is 17.0. The Morgan fingerprint density at radius 1 is 1.16 bits per heavy atom. The molecule has 1 aliphatic heterocycles. The van der Waals surface area contributed by atoms with E-state index in [9.17, 15) is 33.2 Å². The number of ether oxygens (including phenoxy) is 2. The molecule has 10 nitrogen and oxygen atoms in total. The molecule has 2 heterocycles. The van der Waals surface area contributed by atoms with Crippen molar-refractivity contribution >= 4 is 22.6 Å². The zero-order chi connectivity index (χ0) is 31.5. The molecule has 0 bridgehead atoms. The summed E-state index contributed by atoms with van der Waals surface area (Å²) in [5.74, 6) is -0.122. The SMILES string of the molecule is CCC(C)Cn1cc(C(O)(CN2CCC(Oc3ccc(CC(=O)O)cc3OC)CC2)C(F)(F)F)c2ccc([N+](=O)[O-])cc21. The number of methoxy groups -OCH3 is 1. The molecule has 4 rings (SSSR count). The Hall–Kier alpha value is -3.84. The highest BCUT2D eigenvalue weighted by Crippen LogP contribution is 2.44. The van der Waals surface area contributed by atoms with Gasteiger partial charge < -0.3 is 24.3 Å². The third-order valence-electron chi connectivity index (χ3n) is 8.06. The Balaban J connectivity index is 1.56. The molecule has 0 saturated carbocycles. The fourth-order valence-electron chi connectivity index (χ4n) is 5.45. The number of likely N-dealkylation sites (tertiary alicyclic amines) is 1. The quantitative estimate of drug-likeness (QED) is 0.203. The molecule has 1 saturated heterocycles. The number of rotatable bonds is 12. The number of nitro benzene ring substituents is 1. The number of alkyl halides is 3. The van der Waals surface area contributed by atoms with Crippen LogP contribution in [0, 0.1) is 16.0 Å². The lowest BCUT2D eigenvalue weighted by Crippen LogP contribution is -2.53. The van der Waals surface area contributed by atoms with Gasteiger partial charge in [-0.15, -0.1) is 0 Å². The van der Waals surface area contributed by atoms with Crippen LogP contribution < -0.4 is 9.47 Å². The molecule has 3 aromatic rings. The summed E-state index contributed by atoms with van der Waals surface area (Å²) in [6.07, 6.45) is -2.72. The molecule has 0 aliphatic carbocycles. The number of piperidine rings is 1. The molecule has 2 N–H and O–H groups in total. The standard InChI is InChI=1S/C30H36F3N3O7/c1-4-19(2)16-35-17-24(23-7-6-21(36(40)41)15-25(23)35)29(39,30(31,32)33)18-34-11-9-22(10-12-34)43-26-8-5-20(14-28(37)38)13-27(26)42-3/h5-8,13,15,17,19,22,39H,4,9-12,14,16,18H2,1-3H3,(H,37,38). The van der Waals surface area contributed by atoms with Crippen LogP contribution >= 0.6 is 0 Å². The molecule has 43 heavy (non-hydrogen) atoms. The van der Waals surface area contributed by atoms with E-state index in [1.807, 2.05) is 13.8 Å². The molecule has 234 valence electrons. The van der Waals surface area contributed by atoms with Crippen LogP contribution in [0.15, 0.2) is 42.6 Å². The zero-order valence-corrected chi connectivity index (χ0v) is 24.3. The average Bonchev–Trinajstić information content (AvgIpc) is 3.31. The number of hydrogen-bond donors (Lipinski definition) is 2. The van der Waals surface area contributed by atoms with E-state index in [0.717, 1.165) is 12.5 Å². The van der Waals surface area contributed by atoms with Crippen molar-refractivity contribution in [2.24, 2.45) is 5.92 Å². The number of hydrogen-bond acceptors (Lipinski definition) is 7. The van der Waals surface area contributed by atoms with Crippen LogP contribution in [-0.2, 0) is 23.4 Å². The second kappa shape index (κ2) is 12.8. The van der Waals surface area contributed by atoms with E-state index in [0.29, 0.717) is 36.4 Å². The number of benzene rings is 2. The topological polar surface area (TPSA) is 127 Å². The summed E-state index contributed by atoms with van der Waals surface area (Å²) in [6, 6.07) is 8.50. The zero-order valence-electron chi connectivity index (χ0n) is 24.3. The van der Waals surface area contributed by atoms with Crippen LogP contribution in [0.4, 0.5) is 18.9 Å². The Morgan fingerprint density at radius 2 is 1.86 bits per heavy atom. The molecule has 0 radical (unpaired) electrons. The number of aromatic nitrogens is 1. The van der Waals surface area contributed by atoms with E-state index in [-0.39, 0.29) is 53.7 Å². The first-order valence-corrected chi connectivity index (χ1v) is 14.1. The molecule has 13 heteroatoms. The van der Waals surface area contributed by atoms with Gasteiger partial charge in [0.1, 0.15) is 6.10 Å². The highest BCUT2D eigenvalue weighted by molar-refractivity contribution is 5.87. The van der Waals surface area contributed by atoms with Crippen molar-refractivity contribution in [2.75, 3.05) is 26.7 Å². The number of aliphatic hydroxyl groups is 1. The van der Waals surface area contributed by atoms with E-state index in [1.165, 1.54) is 25.4 Å². The lowest BCUT2D eigenvalue weighted by atomic mass is 9.91. The van der Waals surface area contributed by atoms with Gasteiger partial charge in [0.15, 0.2) is 11.5 Å². The number of carbonyl (C=O) groups is 1. The van der Waals surface area contributed by atoms with Gasteiger partial charge in [0.25, 0.3) is 5.69 Å². The van der Waals surface area contributed by atoms with Crippen molar-refractivity contribution in [3.05, 3.63) is 63.8 Å². The third kappa shape index (κ3) is 7.04. The Bertz CT molecular complexity index is 1470. The van der Waals surface area contributed by atoms with Gasteiger partial charge >= 0.3 is 12.1 Å². The molecular formula is C30H36F3N3O7. The monoisotopic (exact) mass is 607 g/mol. The Morgan fingerprint density at radius 3 is 2.44 bits per heavy atom. The molecular weight excluding hydrogens is 571 g/mol. The largest absolute Gasteiger partial charge is 0.493 e. The van der Waals surface area contributed by atoms with Crippen LogP contribution in [0.25, 0.3) is 10.9 Å². The van der Waals surface area contributed by atoms with Crippen LogP contribution in [-0.4, -0.2) is 69.6 Å². The van der Waals surface area contributed by atoms with E-state index >= 15 is 0 Å². The smallest absolute Gasteiger partial charge is 0.422 e. The molecule has 0 amide bonds. The lowest BCUT2D eigenvalue weighted by molar-refractivity contribution is -0.384. The first kappa shape index (κ1) is 32.1. The van der Waals surface area contributed by atoms with Crippen LogP contribution in [0.2, 0.25) is 0 Å². The molecule has 1 fully saturated rings. The first-order chi connectivity index (χ1) is 20.2. The van der Waals surface area contributed by atoms with Crippen molar-refractivity contribution in [2.45, 2.75) is 64.0 Å². The maximum Gasteiger partial charge on any atom is 0.422 e. The molecule has 2 atom stereocenters. The summed E-state index contributed by atoms with van der Waals surface area (Å²) < 4.78 is 57.1. The maximum atomic E-state index is 14.7. The number of carboxylic acid groups (broad SMARTS) is 1. The first-order valence-electron chi connectivity index (χ1n) is 14.1. The fraction of sp³-hybridized carbons (Fsp3) is 0.500. The summed E-state index contributed by atoms with van der Waals surface area (Å²) in [6.45, 7) is 3.95. The second-order valence-corrected chi connectivity index (χ2v) is 11.2. The van der Waals surface area contributed by atoms with Gasteiger partial charge in [0.05, 0.1) is 24.0 Å². The highest BCUT2D eigenvalue weighted by atomic mass is 19.4. The summed E-state index contributed by atoms with van der Waals surface area (Å²) in [5.41, 5.74) is -2.99. The van der Waals surface area contributed by atoms with Crippen LogP contribution in [0.3, 0.4) is 0 Å². The Labute approximate surface area is 246 Å². The number of nitro groups is 1. The van der Waals surface area contributed by atoms with Crippen molar-refractivity contribution in [3.8, 4) is 11.5 Å². The number of fused-ring (bicyclic) bond motifs is 1. The van der Waals surface area contributed by atoms with Gasteiger partial charge in [0, 0.05) is 55.5 Å². The van der Waals surface area contributed by atoms with Gasteiger partial charge in [0.2, 0.25) is 5.60 Å². The minimum absolute atomic E-state index is 0.0905. The van der Waals surface area contributed by atoms with Crippen LogP contribution in [0.5, 0.6) is 11.5 Å². The number of carboxylic acids is 1. The number of aliphatic carboxylic acids is 1. The molecule has 1 aromatic heterocycles. The number of nitrogens with zero attached hydrogens (tertiary/aromatic N) is 3. The molecule has 0 spiro atoms. The third-order valence-corrected chi connectivity index (χ3v) is 8.06. The predicted molar refractivity (Wildman–Crippen MR) is 152 cm³/mol. The maximum absolute atomic E-state index is 14.7. The van der Waals surface area contributed by atoms with E-state index in [4.69, 9.17) is 14.6 Å². The summed E-state index contributed by atoms with van der Waals surface area (Å²) >= 11 is 0. The van der Waals surface area contributed by atoms with Gasteiger partial charge in [-0.05, 0) is 42.5 Å². The molecule has 2 aromatic carbocycles. The Kier molecular flexibility index (Phi) is 9.55. The summed E-state index contributed by atoms with van der Waals surface area (Å²) in [4.78, 5) is 23.4. The van der Waals surface area contributed by atoms with Crippen molar-refractivity contribution in [1.29, 1.82) is 0 Å². The van der Waals surface area contributed by atoms with Gasteiger partial charge in [-0.1, -0.05) is 26.3 Å². The van der Waals surface area contributed by atoms with Crippen molar-refractivity contribution in [3.63, 3.8) is 0 Å². The van der Waals surface area contributed by atoms with Gasteiger partial charge in [-0.3, -0.25) is 19.8 Å². The summed E-state index contributed by atoms with van der Waals surface area (Å²) in [7, 11) is 1.44. The fourth-order valence-corrected chi connectivity index (χ4v) is 5.45. The second-order valence-electron chi connectivity index (χ2n) is 11.2. The van der Waals surface area contributed by atoms with Gasteiger partial charge in [-0.2, -0.15) is 13.2 Å². The molecule has 2 unspecified atom stereocenters. The van der Waals surface area contributed by atoms with Crippen molar-refractivity contribution in [1.82, 2.24) is 9.47 Å². The number of non-ortho nitro benzene ring substituents is 1. The molecule has 1 aliphatic rings. The minimum Gasteiger partial charge on any atom is -0.493 e. The average molecular weight is 608 g/mol. The van der Waals surface area contributed by atoms with Gasteiger partial charge in [-0.25, -0.2) is 0 Å². The highest BCUT2D eigenvalue weighted by Gasteiger charge is 2.57. The van der Waals surface area contributed by atoms with E-state index < -0.39 is 29.2 Å². The summed E-state index contributed by atoms with van der Waals surface area (Å²) in [5, 5.41) is 32.0. The predicted octanol–water partition coefficient (Wildman–Crippen LogP) is 5.52. The van der Waals surface area contributed by atoms with E-state index in [2.05, 4.69) is 0 Å². The minimum atomic E-state index is -5.03. The van der Waals surface area contributed by atoms with E-state index in [1.54, 1.807) is 27.7 Å². The number of β-amino-alcohol motifs (C(OH)–C–C–N with tert-alkyl or cyclic N) is 1. The number of halogens is 3. The van der Waals surface area contributed by atoms with Crippen molar-refractivity contribution < 1.29 is 42.6 Å². The van der Waals surface area contributed by atoms with Crippen LogP contribution in [0.1, 0.15) is 44.2 Å². The lowest BCUT2D eigenvalue weighted by Gasteiger charge is -2.39.